The number of amides is 2. The topological polar surface area (TPSA) is 49.4 Å². The molecule has 6 rings (SSSR count). The zero-order valence-electron chi connectivity index (χ0n) is 19.7. The van der Waals surface area contributed by atoms with Gasteiger partial charge < -0.3 is 10.2 Å². The van der Waals surface area contributed by atoms with Crippen molar-refractivity contribution in [1.29, 1.82) is 0 Å². The number of carbonyl (C=O) groups is 2. The van der Waals surface area contributed by atoms with Crippen molar-refractivity contribution in [1.82, 2.24) is 10.2 Å². The molecule has 1 spiro atoms. The molecule has 0 fully saturated rings. The van der Waals surface area contributed by atoms with Crippen molar-refractivity contribution in [3.63, 3.8) is 0 Å². The first kappa shape index (κ1) is 22.9. The van der Waals surface area contributed by atoms with Gasteiger partial charge in [0.1, 0.15) is 11.6 Å². The van der Waals surface area contributed by atoms with Crippen LogP contribution >= 0.6 is 15.9 Å². The van der Waals surface area contributed by atoms with Gasteiger partial charge in [-0.25, -0.2) is 0 Å². The Bertz CT molecular complexity index is 1210. The average Bonchev–Trinajstić information content (AvgIpc) is 3.04. The Hall–Kier alpha value is -2.92. The van der Waals surface area contributed by atoms with Crippen molar-refractivity contribution in [2.24, 2.45) is 5.92 Å². The predicted molar refractivity (Wildman–Crippen MR) is 138 cm³/mol. The Kier molecular flexibility index (Phi) is 5.64. The largest absolute Gasteiger partial charge is 0.349 e. The smallest absolute Gasteiger partial charge is 0.252 e. The Balaban J connectivity index is 1.62. The molecule has 174 valence electrons. The van der Waals surface area contributed by atoms with Crippen LogP contribution in [0.5, 0.6) is 0 Å². The fourth-order valence-electron chi connectivity index (χ4n) is 5.32. The number of carbonyl (C=O) groups excluding carboxylic acids is 2. The molecule has 1 aliphatic heterocycles. The SMILES string of the molecule is CC(C)(C)NC(=O)C(c1ccccc1)N1C(=O)C(Cc2ccc(Br)cc2)=C2CC3C=CC21C=C3. The first-order valence-electron chi connectivity index (χ1n) is 11.7. The van der Waals surface area contributed by atoms with Crippen LogP contribution in [0.1, 0.15) is 44.4 Å². The van der Waals surface area contributed by atoms with Crippen LogP contribution in [0, 0.1) is 5.92 Å². The fourth-order valence-corrected chi connectivity index (χ4v) is 5.59. The van der Waals surface area contributed by atoms with Gasteiger partial charge in [0.25, 0.3) is 5.91 Å². The molecule has 0 saturated carbocycles. The van der Waals surface area contributed by atoms with Gasteiger partial charge in [-0.3, -0.25) is 9.59 Å². The number of benzene rings is 2. The third-order valence-corrected chi connectivity index (χ3v) is 7.30. The van der Waals surface area contributed by atoms with Crippen LogP contribution in [0.3, 0.4) is 0 Å². The molecule has 0 radical (unpaired) electrons. The average molecular weight is 517 g/mol. The number of hydrogen-bond acceptors (Lipinski definition) is 2. The molecule has 1 atom stereocenters. The summed E-state index contributed by atoms with van der Waals surface area (Å²) in [5, 5.41) is 3.13. The second-order valence-corrected chi connectivity index (χ2v) is 11.3. The van der Waals surface area contributed by atoms with Crippen molar-refractivity contribution >= 4 is 27.7 Å². The first-order valence-corrected chi connectivity index (χ1v) is 12.5. The van der Waals surface area contributed by atoms with Crippen LogP contribution in [0.25, 0.3) is 0 Å². The van der Waals surface area contributed by atoms with Gasteiger partial charge in [0, 0.05) is 22.0 Å². The van der Waals surface area contributed by atoms with E-state index in [2.05, 4.69) is 45.6 Å². The lowest BCUT2D eigenvalue weighted by atomic mass is 9.71. The van der Waals surface area contributed by atoms with Crippen molar-refractivity contribution in [3.05, 3.63) is 106 Å². The molecule has 0 aromatic heterocycles. The lowest BCUT2D eigenvalue weighted by molar-refractivity contribution is -0.140. The van der Waals surface area contributed by atoms with E-state index in [1.165, 1.54) is 0 Å². The van der Waals surface area contributed by atoms with Crippen LogP contribution in [0.4, 0.5) is 0 Å². The number of hydrogen-bond donors (Lipinski definition) is 1. The number of nitrogens with one attached hydrogen (secondary N) is 1. The van der Waals surface area contributed by atoms with Crippen LogP contribution in [0.15, 0.2) is 94.5 Å². The lowest BCUT2D eigenvalue weighted by Crippen LogP contribution is -2.55. The summed E-state index contributed by atoms with van der Waals surface area (Å²) in [6.07, 6.45) is 9.97. The zero-order valence-corrected chi connectivity index (χ0v) is 21.3. The Morgan fingerprint density at radius 2 is 1.74 bits per heavy atom. The highest BCUT2D eigenvalue weighted by Crippen LogP contribution is 2.52. The van der Waals surface area contributed by atoms with Gasteiger partial charge in [-0.15, -0.1) is 0 Å². The molecule has 1 heterocycles. The molecule has 1 unspecified atom stereocenters. The van der Waals surface area contributed by atoms with Gasteiger partial charge >= 0.3 is 0 Å². The highest BCUT2D eigenvalue weighted by molar-refractivity contribution is 9.10. The minimum Gasteiger partial charge on any atom is -0.349 e. The third-order valence-electron chi connectivity index (χ3n) is 6.77. The van der Waals surface area contributed by atoms with E-state index >= 15 is 0 Å². The predicted octanol–water partition coefficient (Wildman–Crippen LogP) is 5.67. The minimum atomic E-state index is -0.741. The number of nitrogens with zero attached hydrogens (tertiary/aromatic N) is 1. The first-order chi connectivity index (χ1) is 16.2. The van der Waals surface area contributed by atoms with E-state index in [4.69, 9.17) is 0 Å². The molecule has 5 heteroatoms. The van der Waals surface area contributed by atoms with Crippen molar-refractivity contribution in [2.45, 2.75) is 50.7 Å². The molecule has 34 heavy (non-hydrogen) atoms. The van der Waals surface area contributed by atoms with E-state index in [9.17, 15) is 9.59 Å². The molecule has 4 aliphatic rings. The van der Waals surface area contributed by atoms with E-state index in [1.807, 2.05) is 80.3 Å². The number of halogens is 1. The summed E-state index contributed by atoms with van der Waals surface area (Å²) in [6.45, 7) is 5.89. The fraction of sp³-hybridized carbons (Fsp3) is 0.310. The second-order valence-electron chi connectivity index (χ2n) is 10.4. The minimum absolute atomic E-state index is 0.0623. The van der Waals surface area contributed by atoms with Crippen LogP contribution in [-0.4, -0.2) is 27.8 Å². The summed E-state index contributed by atoms with van der Waals surface area (Å²) in [5.74, 6) is 0.0657. The summed E-state index contributed by atoms with van der Waals surface area (Å²) < 4.78 is 1.01. The van der Waals surface area contributed by atoms with E-state index in [-0.39, 0.29) is 11.8 Å². The normalized spacial score (nSPS) is 23.9. The molecule has 4 nitrogen and oxygen atoms in total. The van der Waals surface area contributed by atoms with E-state index in [0.717, 1.165) is 33.2 Å². The molecule has 2 aromatic carbocycles. The van der Waals surface area contributed by atoms with Crippen LogP contribution < -0.4 is 5.32 Å². The maximum atomic E-state index is 14.2. The Labute approximate surface area is 209 Å². The molecule has 3 aliphatic carbocycles. The maximum absolute atomic E-state index is 14.2. The molecular formula is C29H29BrN2O2. The summed E-state index contributed by atoms with van der Waals surface area (Å²) in [4.78, 5) is 29.8. The van der Waals surface area contributed by atoms with Gasteiger partial charge in [-0.2, -0.15) is 0 Å². The molecule has 2 amide bonds. The Morgan fingerprint density at radius 3 is 2.35 bits per heavy atom. The van der Waals surface area contributed by atoms with Gasteiger partial charge in [0.05, 0.1) is 0 Å². The quantitative estimate of drug-likeness (QED) is 0.520. The Morgan fingerprint density at radius 1 is 1.09 bits per heavy atom. The molecule has 1 N–H and O–H groups in total. The van der Waals surface area contributed by atoms with Crippen LogP contribution in [0.2, 0.25) is 0 Å². The highest BCUT2D eigenvalue weighted by atomic mass is 79.9. The molecule has 0 saturated heterocycles. The highest BCUT2D eigenvalue weighted by Gasteiger charge is 2.55. The van der Waals surface area contributed by atoms with Crippen molar-refractivity contribution < 1.29 is 9.59 Å². The zero-order chi connectivity index (χ0) is 24.1. The van der Waals surface area contributed by atoms with Crippen molar-refractivity contribution in [2.75, 3.05) is 0 Å². The standard InChI is InChI=1S/C29H29BrN2O2/c1-28(2,3)31-26(33)25(21-7-5-4-6-8-21)32-27(34)23(17-19-9-11-22(30)12-10-19)24-18-20-13-15-29(24,32)16-14-20/h4-16,20,25H,17-18H2,1-3H3,(H,31,33). The summed E-state index contributed by atoms with van der Waals surface area (Å²) in [6, 6.07) is 17.0. The van der Waals surface area contributed by atoms with E-state index in [1.54, 1.807) is 0 Å². The second kappa shape index (κ2) is 8.38. The number of rotatable bonds is 5. The summed E-state index contributed by atoms with van der Waals surface area (Å²) in [5.41, 5.74) is 2.71. The summed E-state index contributed by atoms with van der Waals surface area (Å²) >= 11 is 3.50. The van der Waals surface area contributed by atoms with Gasteiger partial charge in [0.15, 0.2) is 0 Å². The maximum Gasteiger partial charge on any atom is 0.252 e. The van der Waals surface area contributed by atoms with Gasteiger partial charge in [-0.05, 0) is 61.9 Å². The van der Waals surface area contributed by atoms with Crippen LogP contribution in [-0.2, 0) is 16.0 Å². The molecule has 2 aromatic rings. The van der Waals surface area contributed by atoms with E-state index in [0.29, 0.717) is 12.3 Å². The van der Waals surface area contributed by atoms with Crippen molar-refractivity contribution in [3.8, 4) is 0 Å². The molecule has 2 bridgehead atoms. The summed E-state index contributed by atoms with van der Waals surface area (Å²) in [7, 11) is 0. The van der Waals surface area contributed by atoms with E-state index < -0.39 is 17.1 Å². The number of allylic oxidation sites excluding steroid dienone is 2. The molecular weight excluding hydrogens is 488 g/mol. The lowest BCUT2D eigenvalue weighted by Gasteiger charge is -2.46. The van der Waals surface area contributed by atoms with Gasteiger partial charge in [0.2, 0.25) is 5.91 Å². The monoisotopic (exact) mass is 516 g/mol. The third kappa shape index (κ3) is 3.96. The van der Waals surface area contributed by atoms with Gasteiger partial charge in [-0.1, -0.05) is 82.7 Å².